The van der Waals surface area contributed by atoms with Gasteiger partial charge in [-0.1, -0.05) is 41.7 Å². The predicted octanol–water partition coefficient (Wildman–Crippen LogP) is 1.78. The molecule has 0 spiro atoms. The SMILES string of the molecule is COCc1nnc(NC(=O)CN2[C@@H]3CC[C@H]2[C@](CO)(Cc2ccccc2)C3)s1.O=CO. The Hall–Kier alpha value is -2.40. The summed E-state index contributed by atoms with van der Waals surface area (Å²) in [6, 6.07) is 10.9. The van der Waals surface area contributed by atoms with Crippen molar-refractivity contribution in [3.05, 3.63) is 40.9 Å². The van der Waals surface area contributed by atoms with Crippen LogP contribution < -0.4 is 5.32 Å². The molecule has 2 saturated heterocycles. The van der Waals surface area contributed by atoms with Crippen molar-refractivity contribution in [1.82, 2.24) is 15.1 Å². The van der Waals surface area contributed by atoms with Gasteiger partial charge >= 0.3 is 0 Å². The zero-order valence-corrected chi connectivity index (χ0v) is 18.3. The standard InChI is InChI=1S/C20H26N4O3S.CH2O2/c1-27-12-18-22-23-19(28-18)21-17(26)11-24-15-7-8-16(24)20(10-15,13-25)9-14-5-3-2-4-6-14;2-1-3/h2-6,15-16,25H,7-13H2,1H3,(H,21,23,26);1H,(H,2,3)/t15-,16+,20-;/m1./s1. The lowest BCUT2D eigenvalue weighted by Gasteiger charge is -2.36. The summed E-state index contributed by atoms with van der Waals surface area (Å²) in [6.45, 7) is 0.616. The van der Waals surface area contributed by atoms with Gasteiger partial charge in [0.15, 0.2) is 0 Å². The number of carboxylic acid groups (broad SMARTS) is 1. The number of hydrogen-bond donors (Lipinski definition) is 3. The van der Waals surface area contributed by atoms with Crippen molar-refractivity contribution in [3.63, 3.8) is 0 Å². The molecule has 3 N–H and O–H groups in total. The van der Waals surface area contributed by atoms with Crippen LogP contribution in [0.1, 0.15) is 29.8 Å². The zero-order chi connectivity index (χ0) is 22.3. The van der Waals surface area contributed by atoms with Gasteiger partial charge < -0.3 is 14.9 Å². The van der Waals surface area contributed by atoms with Gasteiger partial charge in [-0.2, -0.15) is 0 Å². The minimum atomic E-state index is -0.250. The molecule has 2 fully saturated rings. The van der Waals surface area contributed by atoms with Crippen molar-refractivity contribution in [2.75, 3.05) is 25.6 Å². The Morgan fingerprint density at radius 2 is 2.10 bits per heavy atom. The van der Waals surface area contributed by atoms with Gasteiger partial charge in [-0.25, -0.2) is 0 Å². The fourth-order valence-electron chi connectivity index (χ4n) is 4.89. The number of aromatic nitrogens is 2. The number of nitrogens with zero attached hydrogens (tertiary/aromatic N) is 3. The number of nitrogens with one attached hydrogen (secondary N) is 1. The molecular weight excluding hydrogens is 420 g/mol. The van der Waals surface area contributed by atoms with E-state index >= 15 is 0 Å². The normalized spacial score (nSPS) is 24.5. The van der Waals surface area contributed by atoms with Crippen molar-refractivity contribution in [2.24, 2.45) is 5.41 Å². The Kier molecular flexibility index (Phi) is 8.08. The summed E-state index contributed by atoms with van der Waals surface area (Å²) in [7, 11) is 1.60. The Morgan fingerprint density at radius 3 is 2.77 bits per heavy atom. The van der Waals surface area contributed by atoms with E-state index in [1.807, 2.05) is 18.2 Å². The molecule has 3 atom stereocenters. The first-order valence-corrected chi connectivity index (χ1v) is 11.0. The van der Waals surface area contributed by atoms with Gasteiger partial charge in [0, 0.05) is 24.6 Å². The number of ether oxygens (including phenoxy) is 1. The minimum absolute atomic E-state index is 0.0783. The first-order valence-electron chi connectivity index (χ1n) is 10.1. The summed E-state index contributed by atoms with van der Waals surface area (Å²) < 4.78 is 5.04. The van der Waals surface area contributed by atoms with E-state index in [4.69, 9.17) is 14.6 Å². The number of fused-ring (bicyclic) bond motifs is 2. The molecule has 9 nitrogen and oxygen atoms in total. The summed E-state index contributed by atoms with van der Waals surface area (Å²) in [5.74, 6) is -0.0783. The van der Waals surface area contributed by atoms with Crippen molar-refractivity contribution in [2.45, 2.75) is 44.4 Å². The third-order valence-electron chi connectivity index (χ3n) is 6.01. The Morgan fingerprint density at radius 1 is 1.35 bits per heavy atom. The second-order valence-electron chi connectivity index (χ2n) is 7.89. The van der Waals surface area contributed by atoms with Crippen LogP contribution in [-0.2, 0) is 27.4 Å². The summed E-state index contributed by atoms with van der Waals surface area (Å²) >= 11 is 1.33. The van der Waals surface area contributed by atoms with E-state index in [2.05, 4.69) is 32.5 Å². The maximum atomic E-state index is 12.6. The van der Waals surface area contributed by atoms with E-state index in [9.17, 15) is 9.90 Å². The van der Waals surface area contributed by atoms with Crippen LogP contribution >= 0.6 is 11.3 Å². The van der Waals surface area contributed by atoms with Gasteiger partial charge in [-0.15, -0.1) is 10.2 Å². The summed E-state index contributed by atoms with van der Waals surface area (Å²) in [5, 5.41) is 29.3. The van der Waals surface area contributed by atoms with Gasteiger partial charge in [-0.05, 0) is 31.2 Å². The topological polar surface area (TPSA) is 125 Å². The van der Waals surface area contributed by atoms with Crippen LogP contribution in [0, 0.1) is 5.41 Å². The van der Waals surface area contributed by atoms with Crippen LogP contribution in [0.4, 0.5) is 5.13 Å². The fourth-order valence-corrected chi connectivity index (χ4v) is 5.62. The second kappa shape index (κ2) is 10.8. The first-order chi connectivity index (χ1) is 15.0. The highest BCUT2D eigenvalue weighted by atomic mass is 32.1. The molecule has 3 heterocycles. The van der Waals surface area contributed by atoms with E-state index in [0.29, 0.717) is 24.3 Å². The van der Waals surface area contributed by atoms with E-state index in [1.54, 1.807) is 7.11 Å². The molecule has 2 aromatic rings. The largest absolute Gasteiger partial charge is 0.483 e. The van der Waals surface area contributed by atoms with Gasteiger partial charge in [0.05, 0.1) is 13.2 Å². The van der Waals surface area contributed by atoms with Crippen LogP contribution in [0.15, 0.2) is 30.3 Å². The quantitative estimate of drug-likeness (QED) is 0.522. The molecule has 2 bridgehead atoms. The molecule has 1 aromatic heterocycles. The predicted molar refractivity (Wildman–Crippen MR) is 116 cm³/mol. The monoisotopic (exact) mass is 448 g/mol. The van der Waals surface area contributed by atoms with Crippen molar-refractivity contribution >= 4 is 28.8 Å². The lowest BCUT2D eigenvalue weighted by atomic mass is 9.70. The molecule has 1 amide bonds. The smallest absolute Gasteiger partial charge is 0.290 e. The van der Waals surface area contributed by atoms with E-state index in [-0.39, 0.29) is 30.4 Å². The Bertz CT molecular complexity index is 864. The van der Waals surface area contributed by atoms with Crippen molar-refractivity contribution < 1.29 is 24.5 Å². The van der Waals surface area contributed by atoms with Crippen molar-refractivity contribution in [1.29, 1.82) is 0 Å². The lowest BCUT2D eigenvalue weighted by molar-refractivity contribution is -0.123. The molecule has 4 rings (SSSR count). The fraction of sp³-hybridized carbons (Fsp3) is 0.524. The average Bonchev–Trinajstić information content (AvgIpc) is 3.44. The summed E-state index contributed by atoms with van der Waals surface area (Å²) in [5.41, 5.74) is 1.08. The molecule has 2 aliphatic heterocycles. The molecule has 168 valence electrons. The van der Waals surface area contributed by atoms with Crippen LogP contribution in [0.25, 0.3) is 0 Å². The third kappa shape index (κ3) is 5.45. The number of anilines is 1. The minimum Gasteiger partial charge on any atom is -0.483 e. The molecule has 0 aliphatic carbocycles. The number of methoxy groups -OCH3 is 1. The summed E-state index contributed by atoms with van der Waals surface area (Å²) in [6.07, 6.45) is 3.90. The molecule has 0 saturated carbocycles. The number of hydrogen-bond acceptors (Lipinski definition) is 8. The Labute approximate surface area is 185 Å². The maximum absolute atomic E-state index is 12.6. The molecule has 0 radical (unpaired) electrons. The average molecular weight is 449 g/mol. The van der Waals surface area contributed by atoms with Gasteiger partial charge in [0.1, 0.15) is 11.6 Å². The highest BCUT2D eigenvalue weighted by molar-refractivity contribution is 7.15. The highest BCUT2D eigenvalue weighted by Crippen LogP contribution is 2.51. The van der Waals surface area contributed by atoms with Crippen LogP contribution in [-0.4, -0.2) is 70.0 Å². The number of benzene rings is 1. The molecule has 1 aromatic carbocycles. The number of aliphatic hydroxyl groups is 1. The second-order valence-corrected chi connectivity index (χ2v) is 8.96. The molecular formula is C21H28N4O5S. The zero-order valence-electron chi connectivity index (χ0n) is 17.4. The lowest BCUT2D eigenvalue weighted by Crippen LogP contribution is -2.44. The number of carbonyl (C=O) groups excluding carboxylic acids is 1. The number of carbonyl (C=O) groups is 2. The van der Waals surface area contributed by atoms with E-state index in [1.165, 1.54) is 16.9 Å². The molecule has 0 unspecified atom stereocenters. The van der Waals surface area contributed by atoms with Gasteiger partial charge in [-0.3, -0.25) is 19.8 Å². The molecule has 10 heteroatoms. The van der Waals surface area contributed by atoms with E-state index in [0.717, 1.165) is 30.7 Å². The number of amides is 1. The third-order valence-corrected chi connectivity index (χ3v) is 6.82. The van der Waals surface area contributed by atoms with Gasteiger partial charge in [0.25, 0.3) is 6.47 Å². The van der Waals surface area contributed by atoms with Crippen LogP contribution in [0.5, 0.6) is 0 Å². The maximum Gasteiger partial charge on any atom is 0.290 e. The van der Waals surface area contributed by atoms with Gasteiger partial charge in [0.2, 0.25) is 11.0 Å². The van der Waals surface area contributed by atoms with Crippen LogP contribution in [0.3, 0.4) is 0 Å². The Balaban J connectivity index is 0.000000858. The number of aliphatic hydroxyl groups excluding tert-OH is 1. The molecule has 2 aliphatic rings. The molecule has 31 heavy (non-hydrogen) atoms. The van der Waals surface area contributed by atoms with Crippen LogP contribution in [0.2, 0.25) is 0 Å². The van der Waals surface area contributed by atoms with E-state index < -0.39 is 0 Å². The first kappa shape index (κ1) is 23.3. The highest BCUT2D eigenvalue weighted by Gasteiger charge is 2.55. The summed E-state index contributed by atoms with van der Waals surface area (Å²) in [4.78, 5) is 23.2. The van der Waals surface area contributed by atoms with Crippen molar-refractivity contribution in [3.8, 4) is 0 Å². The number of rotatable bonds is 8.